The molecular formula is C27H28N2. The number of aryl methyl sites for hydroxylation is 2. The lowest BCUT2D eigenvalue weighted by Crippen LogP contribution is -1.94. The van der Waals surface area contributed by atoms with Gasteiger partial charge in [-0.3, -0.25) is 9.97 Å². The molecule has 2 heterocycles. The highest BCUT2D eigenvalue weighted by Crippen LogP contribution is 2.34. The lowest BCUT2D eigenvalue weighted by molar-refractivity contribution is 0.923. The van der Waals surface area contributed by atoms with E-state index in [0.29, 0.717) is 0 Å². The van der Waals surface area contributed by atoms with Gasteiger partial charge < -0.3 is 0 Å². The van der Waals surface area contributed by atoms with Crippen LogP contribution in [0.4, 0.5) is 0 Å². The van der Waals surface area contributed by atoms with Crippen LogP contribution < -0.4 is 0 Å². The van der Waals surface area contributed by atoms with Crippen molar-refractivity contribution in [3.63, 3.8) is 0 Å². The maximum absolute atomic E-state index is 4.29. The Labute approximate surface area is 174 Å². The first-order valence-electron chi connectivity index (χ1n) is 9.81. The highest BCUT2D eigenvalue weighted by Gasteiger charge is 2.11. The summed E-state index contributed by atoms with van der Waals surface area (Å²) in [5.74, 6) is 0. The molecule has 2 aromatic heterocycles. The van der Waals surface area contributed by atoms with E-state index in [4.69, 9.17) is 0 Å². The smallest absolute Gasteiger partial charge is 0.0346 e. The Morgan fingerprint density at radius 3 is 1.83 bits per heavy atom. The van der Waals surface area contributed by atoms with Crippen LogP contribution in [0.3, 0.4) is 0 Å². The van der Waals surface area contributed by atoms with Crippen molar-refractivity contribution in [2.75, 3.05) is 0 Å². The van der Waals surface area contributed by atoms with Crippen molar-refractivity contribution in [2.45, 2.75) is 34.1 Å². The summed E-state index contributed by atoms with van der Waals surface area (Å²) < 4.78 is 0. The molecule has 0 aliphatic carbocycles. The number of hydrogen-bond donors (Lipinski definition) is 0. The molecule has 2 aromatic carbocycles. The van der Waals surface area contributed by atoms with E-state index < -0.39 is 0 Å². The molecule has 0 aliphatic heterocycles. The average molecular weight is 381 g/mol. The minimum absolute atomic E-state index is 0. The molecule has 0 aliphatic rings. The van der Waals surface area contributed by atoms with Gasteiger partial charge in [0, 0.05) is 35.9 Å². The van der Waals surface area contributed by atoms with Crippen LogP contribution in [-0.2, 0) is 6.42 Å². The van der Waals surface area contributed by atoms with Gasteiger partial charge >= 0.3 is 0 Å². The predicted octanol–water partition coefficient (Wildman–Crippen LogP) is 7.37. The molecule has 0 spiro atoms. The standard InChI is InChI=1S/C26H24N2.CH4/c1-3-6-20-11-12-22(24-8-5-14-28-18-24)16-26(20)25-15-21(10-9-19(25)2)23-7-4-13-27-17-23;/h4-5,7-18H,3,6H2,1-2H3;1H4. The summed E-state index contributed by atoms with van der Waals surface area (Å²) in [7, 11) is 0. The molecule has 4 aromatic rings. The van der Waals surface area contributed by atoms with Gasteiger partial charge in [0.25, 0.3) is 0 Å². The van der Waals surface area contributed by atoms with Gasteiger partial charge in [-0.1, -0.05) is 57.2 Å². The summed E-state index contributed by atoms with van der Waals surface area (Å²) in [5.41, 5.74) is 9.96. The summed E-state index contributed by atoms with van der Waals surface area (Å²) in [5, 5.41) is 0. The van der Waals surface area contributed by atoms with Crippen molar-refractivity contribution in [1.29, 1.82) is 0 Å². The van der Waals surface area contributed by atoms with Gasteiger partial charge in [0.15, 0.2) is 0 Å². The molecule has 4 rings (SSSR count). The van der Waals surface area contributed by atoms with E-state index in [0.717, 1.165) is 24.0 Å². The number of benzene rings is 2. The van der Waals surface area contributed by atoms with E-state index in [2.05, 4.69) is 72.3 Å². The largest absolute Gasteiger partial charge is 0.264 e. The minimum atomic E-state index is 0. The Balaban J connectivity index is 0.00000240. The average Bonchev–Trinajstić information content (AvgIpc) is 2.76. The van der Waals surface area contributed by atoms with Gasteiger partial charge in [0.1, 0.15) is 0 Å². The third-order valence-electron chi connectivity index (χ3n) is 5.15. The van der Waals surface area contributed by atoms with E-state index in [1.54, 1.807) is 0 Å². The number of hydrogen-bond acceptors (Lipinski definition) is 2. The highest BCUT2D eigenvalue weighted by molar-refractivity contribution is 5.80. The second-order valence-corrected chi connectivity index (χ2v) is 7.14. The summed E-state index contributed by atoms with van der Waals surface area (Å²) in [6, 6.07) is 21.7. The Kier molecular flexibility index (Phi) is 6.56. The lowest BCUT2D eigenvalue weighted by Gasteiger charge is -2.15. The zero-order valence-corrected chi connectivity index (χ0v) is 16.4. The molecule has 0 atom stereocenters. The van der Waals surface area contributed by atoms with Crippen LogP contribution in [0.25, 0.3) is 33.4 Å². The van der Waals surface area contributed by atoms with Crippen molar-refractivity contribution in [3.05, 3.63) is 96.6 Å². The minimum Gasteiger partial charge on any atom is -0.264 e. The van der Waals surface area contributed by atoms with Crippen LogP contribution in [-0.4, -0.2) is 9.97 Å². The van der Waals surface area contributed by atoms with Gasteiger partial charge in [-0.25, -0.2) is 0 Å². The normalized spacial score (nSPS) is 10.4. The van der Waals surface area contributed by atoms with Crippen LogP contribution in [0.2, 0.25) is 0 Å². The molecule has 0 unspecified atom stereocenters. The Morgan fingerprint density at radius 2 is 1.28 bits per heavy atom. The van der Waals surface area contributed by atoms with Crippen molar-refractivity contribution >= 4 is 0 Å². The van der Waals surface area contributed by atoms with Crippen molar-refractivity contribution in [2.24, 2.45) is 0 Å². The Hall–Kier alpha value is -3.26. The number of aromatic nitrogens is 2. The van der Waals surface area contributed by atoms with Crippen LogP contribution in [0, 0.1) is 6.92 Å². The Morgan fingerprint density at radius 1 is 0.690 bits per heavy atom. The van der Waals surface area contributed by atoms with E-state index in [9.17, 15) is 0 Å². The zero-order valence-electron chi connectivity index (χ0n) is 16.4. The molecule has 0 N–H and O–H groups in total. The number of rotatable bonds is 5. The molecule has 0 radical (unpaired) electrons. The molecule has 0 saturated carbocycles. The van der Waals surface area contributed by atoms with E-state index in [1.807, 2.05) is 36.9 Å². The fourth-order valence-electron chi connectivity index (χ4n) is 3.65. The van der Waals surface area contributed by atoms with Gasteiger partial charge in [-0.2, -0.15) is 0 Å². The maximum atomic E-state index is 4.29. The summed E-state index contributed by atoms with van der Waals surface area (Å²) in [6.45, 7) is 4.42. The number of nitrogens with zero attached hydrogens (tertiary/aromatic N) is 2. The molecule has 2 heteroatoms. The Bertz CT molecular complexity index is 1070. The molecular weight excluding hydrogens is 352 g/mol. The third kappa shape index (κ3) is 4.43. The fourth-order valence-corrected chi connectivity index (χ4v) is 3.65. The van der Waals surface area contributed by atoms with Crippen LogP contribution in [0.15, 0.2) is 85.5 Å². The van der Waals surface area contributed by atoms with E-state index in [-0.39, 0.29) is 7.43 Å². The van der Waals surface area contributed by atoms with Crippen molar-refractivity contribution in [1.82, 2.24) is 9.97 Å². The monoisotopic (exact) mass is 380 g/mol. The topological polar surface area (TPSA) is 25.8 Å². The second kappa shape index (κ2) is 9.29. The first-order valence-corrected chi connectivity index (χ1v) is 9.81. The summed E-state index contributed by atoms with van der Waals surface area (Å²) in [4.78, 5) is 8.57. The van der Waals surface area contributed by atoms with Crippen molar-refractivity contribution in [3.8, 4) is 33.4 Å². The summed E-state index contributed by atoms with van der Waals surface area (Å²) in [6.07, 6.45) is 9.68. The molecule has 0 amide bonds. The van der Waals surface area contributed by atoms with E-state index >= 15 is 0 Å². The highest BCUT2D eigenvalue weighted by atomic mass is 14.6. The molecule has 146 valence electrons. The SMILES string of the molecule is C.CCCc1ccc(-c2cccnc2)cc1-c1cc(-c2cccnc2)ccc1C. The first kappa shape index (κ1) is 20.5. The van der Waals surface area contributed by atoms with Gasteiger partial charge in [-0.05, 0) is 71.0 Å². The lowest BCUT2D eigenvalue weighted by atomic mass is 9.89. The second-order valence-electron chi connectivity index (χ2n) is 7.14. The molecule has 0 fully saturated rings. The van der Waals surface area contributed by atoms with Gasteiger partial charge in [0.05, 0.1) is 0 Å². The third-order valence-corrected chi connectivity index (χ3v) is 5.15. The van der Waals surface area contributed by atoms with Crippen LogP contribution in [0.1, 0.15) is 31.9 Å². The quantitative estimate of drug-likeness (QED) is 0.361. The van der Waals surface area contributed by atoms with Gasteiger partial charge in [-0.15, -0.1) is 0 Å². The molecule has 0 bridgehead atoms. The van der Waals surface area contributed by atoms with Crippen LogP contribution in [0.5, 0.6) is 0 Å². The molecule has 0 saturated heterocycles. The zero-order chi connectivity index (χ0) is 19.3. The fraction of sp³-hybridized carbons (Fsp3) is 0.185. The number of pyridine rings is 2. The van der Waals surface area contributed by atoms with Crippen molar-refractivity contribution < 1.29 is 0 Å². The first-order chi connectivity index (χ1) is 13.8. The maximum Gasteiger partial charge on any atom is 0.0346 e. The molecule has 29 heavy (non-hydrogen) atoms. The van der Waals surface area contributed by atoms with Crippen LogP contribution >= 0.6 is 0 Å². The van der Waals surface area contributed by atoms with Gasteiger partial charge in [0.2, 0.25) is 0 Å². The predicted molar refractivity (Wildman–Crippen MR) is 124 cm³/mol. The van der Waals surface area contributed by atoms with E-state index in [1.165, 1.54) is 33.4 Å². The summed E-state index contributed by atoms with van der Waals surface area (Å²) >= 11 is 0. The molecule has 2 nitrogen and oxygen atoms in total.